The van der Waals surface area contributed by atoms with Crippen LogP contribution in [0.5, 0.6) is 0 Å². The van der Waals surface area contributed by atoms with Gasteiger partial charge in [0.25, 0.3) is 0 Å². The monoisotopic (exact) mass is 186 g/mol. The summed E-state index contributed by atoms with van der Waals surface area (Å²) in [7, 11) is 0. The summed E-state index contributed by atoms with van der Waals surface area (Å²) in [5.74, 6) is 0.390. The van der Waals surface area contributed by atoms with Crippen LogP contribution in [0.25, 0.3) is 0 Å². The molecule has 0 aliphatic carbocycles. The topological polar surface area (TPSA) is 40.5 Å². The second-order valence-corrected chi connectivity index (χ2v) is 3.89. The Morgan fingerprint density at radius 1 is 1.23 bits per heavy atom. The molecule has 0 saturated heterocycles. The van der Waals surface area contributed by atoms with Gasteiger partial charge in [-0.2, -0.15) is 0 Å². The Morgan fingerprint density at radius 2 is 1.77 bits per heavy atom. The first kappa shape index (κ1) is 12.7. The molecule has 0 saturated carbocycles. The number of aliphatic hydroxyl groups is 2. The number of hydrogen-bond donors (Lipinski definition) is 2. The maximum absolute atomic E-state index is 9.69. The van der Waals surface area contributed by atoms with Gasteiger partial charge in [0.1, 0.15) is 0 Å². The van der Waals surface area contributed by atoms with E-state index in [0.717, 1.165) is 6.42 Å². The van der Waals surface area contributed by atoms with E-state index in [9.17, 15) is 10.2 Å². The molecule has 0 spiro atoms. The van der Waals surface area contributed by atoms with Crippen LogP contribution < -0.4 is 0 Å². The Balaban J connectivity index is 3.89. The van der Waals surface area contributed by atoms with Crippen molar-refractivity contribution < 1.29 is 10.2 Å². The second kappa shape index (κ2) is 6.17. The summed E-state index contributed by atoms with van der Waals surface area (Å²) in [5, 5.41) is 19.1. The van der Waals surface area contributed by atoms with Crippen LogP contribution in [0.3, 0.4) is 0 Å². The van der Waals surface area contributed by atoms with Crippen molar-refractivity contribution in [3.63, 3.8) is 0 Å². The van der Waals surface area contributed by atoms with Crippen LogP contribution in [0.4, 0.5) is 0 Å². The zero-order valence-corrected chi connectivity index (χ0v) is 8.90. The molecule has 0 aromatic rings. The lowest BCUT2D eigenvalue weighted by atomic mass is 9.90. The quantitative estimate of drug-likeness (QED) is 0.623. The fourth-order valence-corrected chi connectivity index (χ4v) is 1.26. The molecule has 4 atom stereocenters. The molecule has 0 radical (unpaired) electrons. The van der Waals surface area contributed by atoms with Crippen molar-refractivity contribution in [3.05, 3.63) is 12.7 Å². The van der Waals surface area contributed by atoms with E-state index in [-0.39, 0.29) is 12.0 Å². The molecular weight excluding hydrogens is 164 g/mol. The average Bonchev–Trinajstić information content (AvgIpc) is 2.14. The Bertz CT molecular complexity index is 145. The lowest BCUT2D eigenvalue weighted by molar-refractivity contribution is 0.0605. The highest BCUT2D eigenvalue weighted by molar-refractivity contribution is 4.83. The van der Waals surface area contributed by atoms with Gasteiger partial charge in [0.2, 0.25) is 0 Å². The maximum atomic E-state index is 9.69. The van der Waals surface area contributed by atoms with Crippen LogP contribution in [0.15, 0.2) is 12.7 Å². The summed E-state index contributed by atoms with van der Waals surface area (Å²) in [6, 6.07) is 0. The van der Waals surface area contributed by atoms with Crippen molar-refractivity contribution in [1.29, 1.82) is 0 Å². The second-order valence-electron chi connectivity index (χ2n) is 3.89. The fraction of sp³-hybridized carbons (Fsp3) is 0.818. The summed E-state index contributed by atoms with van der Waals surface area (Å²) in [5.41, 5.74) is 0. The zero-order valence-electron chi connectivity index (χ0n) is 8.90. The van der Waals surface area contributed by atoms with E-state index in [1.807, 2.05) is 13.8 Å². The van der Waals surface area contributed by atoms with Gasteiger partial charge in [-0.1, -0.05) is 33.3 Å². The van der Waals surface area contributed by atoms with Gasteiger partial charge in [-0.05, 0) is 18.3 Å². The van der Waals surface area contributed by atoms with E-state index in [1.165, 1.54) is 6.08 Å². The molecule has 0 heterocycles. The number of hydrogen-bond acceptors (Lipinski definition) is 2. The fourth-order valence-electron chi connectivity index (χ4n) is 1.26. The highest BCUT2D eigenvalue weighted by Crippen LogP contribution is 2.18. The van der Waals surface area contributed by atoms with E-state index < -0.39 is 6.10 Å². The lowest BCUT2D eigenvalue weighted by Crippen LogP contribution is -2.25. The first-order valence-electron chi connectivity index (χ1n) is 5.01. The maximum Gasteiger partial charge on any atom is 0.0744 e. The summed E-state index contributed by atoms with van der Waals surface area (Å²) < 4.78 is 0. The Labute approximate surface area is 81.3 Å². The van der Waals surface area contributed by atoms with Crippen molar-refractivity contribution in [2.24, 2.45) is 11.8 Å². The van der Waals surface area contributed by atoms with Crippen molar-refractivity contribution in [2.75, 3.05) is 0 Å². The minimum absolute atomic E-state index is 0.0847. The predicted molar refractivity (Wildman–Crippen MR) is 55.4 cm³/mol. The van der Waals surface area contributed by atoms with Crippen LogP contribution in [0.1, 0.15) is 33.6 Å². The molecule has 0 bridgehead atoms. The molecule has 78 valence electrons. The van der Waals surface area contributed by atoms with Crippen LogP contribution in [0, 0.1) is 11.8 Å². The van der Waals surface area contributed by atoms with Crippen molar-refractivity contribution in [3.8, 4) is 0 Å². The molecular formula is C11H22O2. The minimum atomic E-state index is -0.501. The molecule has 4 unspecified atom stereocenters. The van der Waals surface area contributed by atoms with E-state index in [4.69, 9.17) is 0 Å². The summed E-state index contributed by atoms with van der Waals surface area (Å²) in [6.07, 6.45) is 2.32. The molecule has 0 aliphatic heterocycles. The van der Waals surface area contributed by atoms with Gasteiger partial charge < -0.3 is 10.2 Å². The molecule has 2 nitrogen and oxygen atoms in total. The van der Waals surface area contributed by atoms with E-state index in [1.54, 1.807) is 0 Å². The van der Waals surface area contributed by atoms with E-state index in [0.29, 0.717) is 12.3 Å². The lowest BCUT2D eigenvalue weighted by Gasteiger charge is -2.22. The largest absolute Gasteiger partial charge is 0.393 e. The van der Waals surface area contributed by atoms with E-state index in [2.05, 4.69) is 13.5 Å². The van der Waals surface area contributed by atoms with Crippen molar-refractivity contribution >= 4 is 0 Å². The van der Waals surface area contributed by atoms with Crippen molar-refractivity contribution in [2.45, 2.75) is 45.8 Å². The van der Waals surface area contributed by atoms with Crippen LogP contribution in [0.2, 0.25) is 0 Å². The smallest absolute Gasteiger partial charge is 0.0744 e. The van der Waals surface area contributed by atoms with Crippen LogP contribution >= 0.6 is 0 Å². The highest BCUT2D eigenvalue weighted by atomic mass is 16.3. The van der Waals surface area contributed by atoms with Gasteiger partial charge in [0.15, 0.2) is 0 Å². The Morgan fingerprint density at radius 3 is 2.15 bits per heavy atom. The third kappa shape index (κ3) is 4.44. The normalized spacial score (nSPS) is 20.4. The van der Waals surface area contributed by atoms with Gasteiger partial charge >= 0.3 is 0 Å². The molecule has 2 heteroatoms. The third-order valence-corrected chi connectivity index (χ3v) is 2.74. The average molecular weight is 186 g/mol. The minimum Gasteiger partial charge on any atom is -0.393 e. The van der Waals surface area contributed by atoms with E-state index >= 15 is 0 Å². The molecule has 0 rings (SSSR count). The number of rotatable bonds is 6. The SMILES string of the molecule is C=CC(O)C(C)CC(O)C(C)CC. The first-order valence-corrected chi connectivity index (χ1v) is 5.01. The third-order valence-electron chi connectivity index (χ3n) is 2.74. The van der Waals surface area contributed by atoms with Gasteiger partial charge in [-0.25, -0.2) is 0 Å². The number of aliphatic hydroxyl groups excluding tert-OH is 2. The molecule has 2 N–H and O–H groups in total. The molecule has 0 amide bonds. The van der Waals surface area contributed by atoms with Crippen LogP contribution in [-0.4, -0.2) is 22.4 Å². The molecule has 0 aromatic carbocycles. The first-order chi connectivity index (χ1) is 6.02. The summed E-state index contributed by atoms with van der Waals surface area (Å²) in [4.78, 5) is 0. The van der Waals surface area contributed by atoms with Gasteiger partial charge in [0, 0.05) is 0 Å². The highest BCUT2D eigenvalue weighted by Gasteiger charge is 2.19. The predicted octanol–water partition coefficient (Wildman–Crippen LogP) is 1.97. The molecule has 0 fully saturated rings. The summed E-state index contributed by atoms with van der Waals surface area (Å²) >= 11 is 0. The summed E-state index contributed by atoms with van der Waals surface area (Å²) in [6.45, 7) is 9.53. The van der Waals surface area contributed by atoms with Gasteiger partial charge in [0.05, 0.1) is 12.2 Å². The zero-order chi connectivity index (χ0) is 10.4. The molecule has 0 aromatic heterocycles. The molecule has 0 aliphatic rings. The van der Waals surface area contributed by atoms with Crippen molar-refractivity contribution in [1.82, 2.24) is 0 Å². The standard InChI is InChI=1S/C11H22O2/c1-5-8(3)11(13)7-9(4)10(12)6-2/h6,8-13H,2,5,7H2,1,3-4H3. The Hall–Kier alpha value is -0.340. The van der Waals surface area contributed by atoms with Crippen LogP contribution in [-0.2, 0) is 0 Å². The van der Waals surface area contributed by atoms with Gasteiger partial charge in [-0.15, -0.1) is 6.58 Å². The Kier molecular flexibility index (Phi) is 6.00. The molecule has 13 heavy (non-hydrogen) atoms. The van der Waals surface area contributed by atoms with Gasteiger partial charge in [-0.3, -0.25) is 0 Å².